The SMILES string of the molecule is NC(=O)C1=C(N)C2=C(c3ccoc3)N=C(N3CCC(N)CC3)N=C(C2)S1. The summed E-state index contributed by atoms with van der Waals surface area (Å²) in [5.74, 6) is 0.0560. The van der Waals surface area contributed by atoms with Gasteiger partial charge in [0.25, 0.3) is 5.91 Å². The van der Waals surface area contributed by atoms with E-state index in [1.54, 1.807) is 12.5 Å². The minimum Gasteiger partial charge on any atom is -0.472 e. The molecule has 0 unspecified atom stereocenters. The summed E-state index contributed by atoms with van der Waals surface area (Å²) in [4.78, 5) is 23.8. The number of nitrogens with two attached hydrogens (primary N) is 3. The molecule has 0 atom stereocenters. The van der Waals surface area contributed by atoms with Crippen molar-refractivity contribution >= 4 is 34.4 Å². The van der Waals surface area contributed by atoms with Crippen molar-refractivity contribution in [1.82, 2.24) is 4.90 Å². The Morgan fingerprint density at radius 3 is 2.73 bits per heavy atom. The number of amides is 1. The molecule has 1 aromatic heterocycles. The number of aliphatic imine (C=N–C) groups is 2. The zero-order chi connectivity index (χ0) is 18.3. The Balaban J connectivity index is 1.83. The second-order valence-electron chi connectivity index (χ2n) is 6.47. The van der Waals surface area contributed by atoms with Crippen LogP contribution in [-0.2, 0) is 4.79 Å². The minimum atomic E-state index is -0.559. The van der Waals surface area contributed by atoms with E-state index in [0.29, 0.717) is 28.7 Å². The van der Waals surface area contributed by atoms with Crippen molar-refractivity contribution in [3.63, 3.8) is 0 Å². The summed E-state index contributed by atoms with van der Waals surface area (Å²) < 4.78 is 5.23. The van der Waals surface area contributed by atoms with Crippen LogP contribution < -0.4 is 17.2 Å². The normalized spacial score (nSPS) is 21.5. The largest absolute Gasteiger partial charge is 0.472 e. The number of carbonyl (C=O) groups is 1. The number of allylic oxidation sites excluding steroid dienone is 1. The Morgan fingerprint density at radius 1 is 1.31 bits per heavy atom. The number of nitrogens with zero attached hydrogens (tertiary/aromatic N) is 3. The van der Waals surface area contributed by atoms with Crippen molar-refractivity contribution in [3.05, 3.63) is 40.3 Å². The molecular formula is C17H20N6O2S. The number of primary amides is 1. The number of hydrogen-bond donors (Lipinski definition) is 3. The summed E-state index contributed by atoms with van der Waals surface area (Å²) in [6, 6.07) is 2.03. The van der Waals surface area contributed by atoms with Crippen molar-refractivity contribution in [1.29, 1.82) is 0 Å². The van der Waals surface area contributed by atoms with Crippen molar-refractivity contribution in [2.75, 3.05) is 13.1 Å². The van der Waals surface area contributed by atoms with Crippen LogP contribution in [0.15, 0.2) is 49.2 Å². The maximum atomic E-state index is 11.8. The fourth-order valence-electron chi connectivity index (χ4n) is 3.23. The lowest BCUT2D eigenvalue weighted by atomic mass is 10.0. The molecular weight excluding hydrogens is 352 g/mol. The Hall–Kier alpha value is -2.52. The first-order chi connectivity index (χ1) is 12.5. The van der Waals surface area contributed by atoms with Crippen molar-refractivity contribution < 1.29 is 9.21 Å². The highest BCUT2D eigenvalue weighted by Crippen LogP contribution is 2.39. The minimum absolute atomic E-state index is 0.212. The van der Waals surface area contributed by atoms with Gasteiger partial charge >= 0.3 is 0 Å². The molecule has 26 heavy (non-hydrogen) atoms. The van der Waals surface area contributed by atoms with Crippen LogP contribution in [0, 0.1) is 0 Å². The summed E-state index contributed by atoms with van der Waals surface area (Å²) in [5.41, 5.74) is 20.4. The lowest BCUT2D eigenvalue weighted by Gasteiger charge is -2.30. The average Bonchev–Trinajstić information content (AvgIpc) is 3.09. The number of carbonyl (C=O) groups excluding carboxylic acids is 1. The van der Waals surface area contributed by atoms with Crippen LogP contribution in [-0.4, -0.2) is 40.9 Å². The van der Waals surface area contributed by atoms with Gasteiger partial charge in [0, 0.05) is 36.7 Å². The smallest absolute Gasteiger partial charge is 0.257 e. The zero-order valence-corrected chi connectivity index (χ0v) is 15.0. The molecule has 8 nitrogen and oxygen atoms in total. The monoisotopic (exact) mass is 372 g/mol. The highest BCUT2D eigenvalue weighted by atomic mass is 32.2. The second kappa shape index (κ2) is 6.65. The van der Waals surface area contributed by atoms with E-state index in [2.05, 4.69) is 4.90 Å². The molecule has 1 aromatic rings. The van der Waals surface area contributed by atoms with Gasteiger partial charge in [0.05, 0.1) is 29.0 Å². The van der Waals surface area contributed by atoms with Gasteiger partial charge in [0.1, 0.15) is 4.91 Å². The van der Waals surface area contributed by atoms with Gasteiger partial charge < -0.3 is 26.5 Å². The summed E-state index contributed by atoms with van der Waals surface area (Å²) in [7, 11) is 0. The molecule has 1 saturated heterocycles. The zero-order valence-electron chi connectivity index (χ0n) is 14.1. The summed E-state index contributed by atoms with van der Waals surface area (Å²) in [6.07, 6.45) is 5.48. The first-order valence-electron chi connectivity index (χ1n) is 8.43. The number of rotatable bonds is 2. The number of likely N-dealkylation sites (tertiary alicyclic amines) is 1. The predicted octanol–water partition coefficient (Wildman–Crippen LogP) is 0.974. The van der Waals surface area contributed by atoms with Crippen LogP contribution in [0.1, 0.15) is 24.8 Å². The quantitative estimate of drug-likeness (QED) is 0.708. The van der Waals surface area contributed by atoms with E-state index in [-0.39, 0.29) is 6.04 Å². The second-order valence-corrected chi connectivity index (χ2v) is 7.55. The Bertz CT molecular complexity index is 860. The highest BCUT2D eigenvalue weighted by Gasteiger charge is 2.31. The molecule has 9 heteroatoms. The fraction of sp³-hybridized carbons (Fsp3) is 0.353. The Kier molecular flexibility index (Phi) is 4.33. The lowest BCUT2D eigenvalue weighted by Crippen LogP contribution is -2.42. The van der Waals surface area contributed by atoms with Gasteiger partial charge in [-0.3, -0.25) is 4.79 Å². The third-order valence-corrected chi connectivity index (χ3v) is 5.78. The van der Waals surface area contributed by atoms with Crippen LogP contribution in [0.3, 0.4) is 0 Å². The Morgan fingerprint density at radius 2 is 2.08 bits per heavy atom. The predicted molar refractivity (Wildman–Crippen MR) is 102 cm³/mol. The maximum absolute atomic E-state index is 11.8. The first-order valence-corrected chi connectivity index (χ1v) is 9.25. The molecule has 2 bridgehead atoms. The van der Waals surface area contributed by atoms with Crippen LogP contribution in [0.4, 0.5) is 0 Å². The molecule has 0 spiro atoms. The van der Waals surface area contributed by atoms with E-state index >= 15 is 0 Å². The van der Waals surface area contributed by atoms with Crippen LogP contribution in [0.2, 0.25) is 0 Å². The third-order valence-electron chi connectivity index (χ3n) is 4.68. The molecule has 1 amide bonds. The topological polar surface area (TPSA) is 136 Å². The van der Waals surface area contributed by atoms with Crippen LogP contribution in [0.5, 0.6) is 0 Å². The van der Waals surface area contributed by atoms with E-state index < -0.39 is 5.91 Å². The Labute approximate surface area is 154 Å². The van der Waals surface area contributed by atoms with Crippen LogP contribution in [0.25, 0.3) is 5.70 Å². The summed E-state index contributed by atoms with van der Waals surface area (Å²) in [6.45, 7) is 1.59. The first kappa shape index (κ1) is 16.9. The van der Waals surface area contributed by atoms with E-state index in [4.69, 9.17) is 31.6 Å². The molecule has 3 aliphatic rings. The molecule has 4 heterocycles. The van der Waals surface area contributed by atoms with E-state index in [1.165, 1.54) is 11.8 Å². The van der Waals surface area contributed by atoms with Crippen molar-refractivity contribution in [2.45, 2.75) is 25.3 Å². The number of furan rings is 1. The van der Waals surface area contributed by atoms with Gasteiger partial charge in [-0.15, -0.1) is 0 Å². The molecule has 6 N–H and O–H groups in total. The third kappa shape index (κ3) is 3.04. The maximum Gasteiger partial charge on any atom is 0.257 e. The fourth-order valence-corrected chi connectivity index (χ4v) is 4.15. The molecule has 4 rings (SSSR count). The molecule has 3 aliphatic heterocycles. The van der Waals surface area contributed by atoms with E-state index in [1.807, 2.05) is 6.07 Å². The molecule has 1 fully saturated rings. The van der Waals surface area contributed by atoms with Crippen LogP contribution >= 0.6 is 11.8 Å². The number of hydrogen-bond acceptors (Lipinski definition) is 8. The molecule has 136 valence electrons. The lowest BCUT2D eigenvalue weighted by molar-refractivity contribution is -0.113. The summed E-state index contributed by atoms with van der Waals surface area (Å²) >= 11 is 1.22. The van der Waals surface area contributed by atoms with Gasteiger partial charge in [0.15, 0.2) is 0 Å². The van der Waals surface area contributed by atoms with Gasteiger partial charge in [-0.25, -0.2) is 9.98 Å². The van der Waals surface area contributed by atoms with E-state index in [0.717, 1.165) is 42.1 Å². The molecule has 0 aromatic carbocycles. The van der Waals surface area contributed by atoms with Crippen molar-refractivity contribution in [2.24, 2.45) is 27.2 Å². The highest BCUT2D eigenvalue weighted by molar-refractivity contribution is 8.18. The van der Waals surface area contributed by atoms with Gasteiger partial charge in [-0.1, -0.05) is 11.8 Å². The van der Waals surface area contributed by atoms with E-state index in [9.17, 15) is 4.79 Å². The number of thioether (sulfide) groups is 1. The van der Waals surface area contributed by atoms with Gasteiger partial charge in [0.2, 0.25) is 5.96 Å². The number of fused-ring (bicyclic) bond motifs is 2. The molecule has 0 aliphatic carbocycles. The van der Waals surface area contributed by atoms with Gasteiger partial charge in [-0.2, -0.15) is 0 Å². The average molecular weight is 372 g/mol. The molecule has 0 saturated carbocycles. The number of piperidine rings is 1. The van der Waals surface area contributed by atoms with Gasteiger partial charge in [-0.05, 0) is 18.9 Å². The van der Waals surface area contributed by atoms with Crippen molar-refractivity contribution in [3.8, 4) is 0 Å². The number of guanidine groups is 1. The standard InChI is InChI=1S/C17H20N6O2S/c18-10-1-4-23(5-2-10)17-21-12-7-11(13(19)15(26-12)16(20)24)14(22-17)9-3-6-25-8-9/h3,6,8,10H,1-2,4-5,7,18-19H2,(H2,20,24). The molecule has 0 radical (unpaired) electrons. The summed E-state index contributed by atoms with van der Waals surface area (Å²) in [5, 5.41) is 0.759.